The van der Waals surface area contributed by atoms with Crippen molar-refractivity contribution >= 4 is 15.9 Å². The third-order valence-electron chi connectivity index (χ3n) is 2.03. The maximum Gasteiger partial charge on any atom is 0.147 e. The maximum atomic E-state index is 9.85. The van der Waals surface area contributed by atoms with E-state index in [9.17, 15) is 5.11 Å². The van der Waals surface area contributed by atoms with E-state index in [-0.39, 0.29) is 12.9 Å². The average Bonchev–Trinajstić information content (AvgIpc) is 2.26. The highest BCUT2D eigenvalue weighted by atomic mass is 79.9. The van der Waals surface area contributed by atoms with Crippen LogP contribution in [0.3, 0.4) is 0 Å². The fourth-order valence-corrected chi connectivity index (χ4v) is 1.32. The minimum Gasteiger partial charge on any atom is -0.385 e. The van der Waals surface area contributed by atoms with Gasteiger partial charge in [0.2, 0.25) is 0 Å². The standard InChI is InChI=1S/C11H21BrO4/c1-8(2)10(12)11(13)9(3)16-7-15-6-5-14-4/h9,11,13H,5-7H2,1-4H3/t9-,11-/m0/s1. The Labute approximate surface area is 106 Å². The zero-order valence-electron chi connectivity index (χ0n) is 10.3. The van der Waals surface area contributed by atoms with Crippen molar-refractivity contribution in [2.75, 3.05) is 27.1 Å². The molecule has 16 heavy (non-hydrogen) atoms. The molecule has 0 bridgehead atoms. The van der Waals surface area contributed by atoms with E-state index in [2.05, 4.69) is 15.9 Å². The van der Waals surface area contributed by atoms with Crippen LogP contribution in [0.2, 0.25) is 0 Å². The molecule has 0 aromatic carbocycles. The Balaban J connectivity index is 3.80. The van der Waals surface area contributed by atoms with Crippen LogP contribution < -0.4 is 0 Å². The first kappa shape index (κ1) is 16.1. The molecule has 0 aromatic rings. The van der Waals surface area contributed by atoms with Crippen LogP contribution in [0.4, 0.5) is 0 Å². The molecule has 0 heterocycles. The number of halogens is 1. The van der Waals surface area contributed by atoms with Crippen LogP contribution in [0.15, 0.2) is 10.1 Å². The monoisotopic (exact) mass is 296 g/mol. The maximum absolute atomic E-state index is 9.85. The molecule has 0 saturated heterocycles. The van der Waals surface area contributed by atoms with Crippen LogP contribution in [-0.4, -0.2) is 44.4 Å². The van der Waals surface area contributed by atoms with Gasteiger partial charge in [-0.15, -0.1) is 0 Å². The summed E-state index contributed by atoms with van der Waals surface area (Å²) >= 11 is 3.33. The van der Waals surface area contributed by atoms with Gasteiger partial charge in [0.1, 0.15) is 12.9 Å². The number of hydrogen-bond acceptors (Lipinski definition) is 4. The van der Waals surface area contributed by atoms with E-state index in [0.29, 0.717) is 13.2 Å². The average molecular weight is 297 g/mol. The molecule has 96 valence electrons. The normalized spacial score (nSPS) is 14.6. The van der Waals surface area contributed by atoms with Crippen LogP contribution in [0.1, 0.15) is 20.8 Å². The lowest BCUT2D eigenvalue weighted by Gasteiger charge is -2.20. The summed E-state index contributed by atoms with van der Waals surface area (Å²) in [6.07, 6.45) is -0.970. The molecule has 0 amide bonds. The van der Waals surface area contributed by atoms with Gasteiger partial charge in [-0.05, 0) is 20.8 Å². The summed E-state index contributed by atoms with van der Waals surface area (Å²) in [5.74, 6) is 0. The van der Waals surface area contributed by atoms with Crippen LogP contribution in [0.25, 0.3) is 0 Å². The molecular weight excluding hydrogens is 276 g/mol. The molecule has 0 aliphatic carbocycles. The molecule has 0 spiro atoms. The van der Waals surface area contributed by atoms with Gasteiger partial charge < -0.3 is 19.3 Å². The van der Waals surface area contributed by atoms with Crippen molar-refractivity contribution in [3.05, 3.63) is 10.1 Å². The lowest BCUT2D eigenvalue weighted by molar-refractivity contribution is -0.115. The van der Waals surface area contributed by atoms with E-state index in [1.165, 1.54) is 0 Å². The molecule has 0 rings (SSSR count). The summed E-state index contributed by atoms with van der Waals surface area (Å²) < 4.78 is 16.1. The van der Waals surface area contributed by atoms with Gasteiger partial charge in [0.25, 0.3) is 0 Å². The summed E-state index contributed by atoms with van der Waals surface area (Å²) in [6, 6.07) is 0. The first-order valence-electron chi connectivity index (χ1n) is 5.20. The van der Waals surface area contributed by atoms with Crippen molar-refractivity contribution in [2.24, 2.45) is 0 Å². The van der Waals surface area contributed by atoms with Crippen molar-refractivity contribution in [2.45, 2.75) is 33.0 Å². The highest BCUT2D eigenvalue weighted by molar-refractivity contribution is 9.11. The SMILES string of the molecule is COCCOCO[C@@H](C)[C@H](O)C(Br)=C(C)C. The molecule has 2 atom stereocenters. The Hall–Kier alpha value is 0.0600. The van der Waals surface area contributed by atoms with Crippen LogP contribution in [0.5, 0.6) is 0 Å². The number of methoxy groups -OCH3 is 1. The Morgan fingerprint density at radius 1 is 1.31 bits per heavy atom. The predicted octanol–water partition coefficient (Wildman–Crippen LogP) is 2.06. The fourth-order valence-electron chi connectivity index (χ4n) is 0.950. The van der Waals surface area contributed by atoms with Gasteiger partial charge in [-0.2, -0.15) is 0 Å². The van der Waals surface area contributed by atoms with Crippen molar-refractivity contribution in [1.29, 1.82) is 0 Å². The van der Waals surface area contributed by atoms with Gasteiger partial charge in [-0.1, -0.05) is 21.5 Å². The zero-order valence-corrected chi connectivity index (χ0v) is 11.9. The fraction of sp³-hybridized carbons (Fsp3) is 0.818. The minimum absolute atomic E-state index is 0.157. The molecule has 0 aliphatic heterocycles. The quantitative estimate of drug-likeness (QED) is 0.550. The van der Waals surface area contributed by atoms with Crippen LogP contribution in [0, 0.1) is 0 Å². The van der Waals surface area contributed by atoms with E-state index < -0.39 is 6.10 Å². The third kappa shape index (κ3) is 6.60. The van der Waals surface area contributed by atoms with Gasteiger partial charge in [-0.3, -0.25) is 0 Å². The molecule has 4 nitrogen and oxygen atoms in total. The number of rotatable bonds is 8. The van der Waals surface area contributed by atoms with E-state index in [4.69, 9.17) is 14.2 Å². The molecule has 1 N–H and O–H groups in total. The zero-order chi connectivity index (χ0) is 12.6. The largest absolute Gasteiger partial charge is 0.385 e. The molecule has 5 heteroatoms. The van der Waals surface area contributed by atoms with E-state index in [0.717, 1.165) is 10.1 Å². The highest BCUT2D eigenvalue weighted by Crippen LogP contribution is 2.19. The van der Waals surface area contributed by atoms with Crippen molar-refractivity contribution in [1.82, 2.24) is 0 Å². The Morgan fingerprint density at radius 3 is 2.44 bits per heavy atom. The topological polar surface area (TPSA) is 47.9 Å². The summed E-state index contributed by atoms with van der Waals surface area (Å²) in [6.45, 7) is 6.84. The molecule has 0 fully saturated rings. The number of allylic oxidation sites excluding steroid dienone is 1. The Kier molecular flexibility index (Phi) is 9.16. The molecular formula is C11H21BrO4. The second-order valence-electron chi connectivity index (χ2n) is 3.68. The van der Waals surface area contributed by atoms with Gasteiger partial charge in [-0.25, -0.2) is 0 Å². The van der Waals surface area contributed by atoms with Crippen molar-refractivity contribution in [3.63, 3.8) is 0 Å². The summed E-state index contributed by atoms with van der Waals surface area (Å²) in [7, 11) is 1.61. The summed E-state index contributed by atoms with van der Waals surface area (Å²) in [5, 5.41) is 9.85. The second-order valence-corrected chi connectivity index (χ2v) is 4.54. The van der Waals surface area contributed by atoms with Crippen LogP contribution >= 0.6 is 15.9 Å². The first-order chi connectivity index (χ1) is 7.50. The van der Waals surface area contributed by atoms with E-state index in [1.807, 2.05) is 13.8 Å². The van der Waals surface area contributed by atoms with Crippen LogP contribution in [-0.2, 0) is 14.2 Å². The molecule has 0 radical (unpaired) electrons. The minimum atomic E-state index is -0.656. The van der Waals surface area contributed by atoms with Crippen molar-refractivity contribution in [3.8, 4) is 0 Å². The van der Waals surface area contributed by atoms with Crippen molar-refractivity contribution < 1.29 is 19.3 Å². The molecule has 0 aromatic heterocycles. The Morgan fingerprint density at radius 2 is 1.94 bits per heavy atom. The molecule has 0 saturated carbocycles. The number of aliphatic hydroxyl groups is 1. The van der Waals surface area contributed by atoms with Gasteiger partial charge in [0.05, 0.1) is 19.3 Å². The van der Waals surface area contributed by atoms with Gasteiger partial charge in [0, 0.05) is 11.6 Å². The lowest BCUT2D eigenvalue weighted by atomic mass is 10.1. The smallest absolute Gasteiger partial charge is 0.147 e. The molecule has 0 unspecified atom stereocenters. The molecule has 0 aliphatic rings. The lowest BCUT2D eigenvalue weighted by Crippen LogP contribution is -2.27. The predicted molar refractivity (Wildman–Crippen MR) is 66.5 cm³/mol. The number of ether oxygens (including phenoxy) is 3. The van der Waals surface area contributed by atoms with E-state index in [1.54, 1.807) is 14.0 Å². The van der Waals surface area contributed by atoms with Gasteiger partial charge >= 0.3 is 0 Å². The first-order valence-corrected chi connectivity index (χ1v) is 5.99. The highest BCUT2D eigenvalue weighted by Gasteiger charge is 2.18. The third-order valence-corrected chi connectivity index (χ3v) is 3.29. The van der Waals surface area contributed by atoms with Gasteiger partial charge in [0.15, 0.2) is 0 Å². The van der Waals surface area contributed by atoms with E-state index >= 15 is 0 Å². The second kappa shape index (κ2) is 9.13. The number of aliphatic hydroxyl groups excluding tert-OH is 1. The summed E-state index contributed by atoms with van der Waals surface area (Å²) in [5.41, 5.74) is 1.03. The Bertz CT molecular complexity index is 214. The number of hydrogen-bond donors (Lipinski definition) is 1. The summed E-state index contributed by atoms with van der Waals surface area (Å²) in [4.78, 5) is 0.